The van der Waals surface area contributed by atoms with Crippen molar-refractivity contribution in [3.05, 3.63) is 71.4 Å². The maximum Gasteiger partial charge on any atom is 0.289 e. The second-order valence-corrected chi connectivity index (χ2v) is 5.51. The number of benzene rings is 2. The first-order chi connectivity index (χ1) is 12.2. The van der Waals surface area contributed by atoms with Crippen LogP contribution in [0, 0.1) is 6.92 Å². The first-order valence-electron chi connectivity index (χ1n) is 7.75. The number of carbonyl (C=O) groups excluding carboxylic acids is 1. The van der Waals surface area contributed by atoms with Gasteiger partial charge in [-0.05, 0) is 30.7 Å². The maximum absolute atomic E-state index is 12.1. The van der Waals surface area contributed by atoms with Gasteiger partial charge in [0.2, 0.25) is 0 Å². The summed E-state index contributed by atoms with van der Waals surface area (Å²) in [5.41, 5.74) is 6.47. The largest absolute Gasteiger partial charge is 0.497 e. The van der Waals surface area contributed by atoms with Crippen LogP contribution in [0.25, 0.3) is 11.3 Å². The van der Waals surface area contributed by atoms with Gasteiger partial charge in [-0.1, -0.05) is 42.0 Å². The third-order valence-corrected chi connectivity index (χ3v) is 3.64. The number of aromatic nitrogens is 2. The van der Waals surface area contributed by atoms with Crippen LogP contribution in [0.2, 0.25) is 0 Å². The fraction of sp³-hybridized carbons (Fsp3) is 0.105. The van der Waals surface area contributed by atoms with E-state index in [2.05, 4.69) is 20.7 Å². The fourth-order valence-electron chi connectivity index (χ4n) is 2.26. The van der Waals surface area contributed by atoms with Crippen LogP contribution in [0.4, 0.5) is 0 Å². The van der Waals surface area contributed by atoms with Gasteiger partial charge in [0.15, 0.2) is 0 Å². The molecule has 1 aromatic heterocycles. The molecule has 0 saturated carbocycles. The Kier molecular flexibility index (Phi) is 4.89. The Labute approximate surface area is 145 Å². The number of methoxy groups -OCH3 is 1. The van der Waals surface area contributed by atoms with Crippen LogP contribution < -0.4 is 10.2 Å². The highest BCUT2D eigenvalue weighted by molar-refractivity contribution is 5.94. The number of nitrogens with zero attached hydrogens (tertiary/aromatic N) is 2. The number of aryl methyl sites for hydroxylation is 1. The summed E-state index contributed by atoms with van der Waals surface area (Å²) in [6.45, 7) is 2.02. The molecule has 3 rings (SSSR count). The third-order valence-electron chi connectivity index (χ3n) is 3.64. The summed E-state index contributed by atoms with van der Waals surface area (Å²) in [4.78, 5) is 12.1. The lowest BCUT2D eigenvalue weighted by atomic mass is 10.1. The quantitative estimate of drug-likeness (QED) is 0.556. The number of amides is 1. The minimum atomic E-state index is -0.356. The van der Waals surface area contributed by atoms with Crippen molar-refractivity contribution in [2.75, 3.05) is 7.11 Å². The Balaban J connectivity index is 1.65. The van der Waals surface area contributed by atoms with Crippen LogP contribution in [0.15, 0.2) is 59.7 Å². The minimum absolute atomic E-state index is 0.346. The molecule has 0 aliphatic rings. The van der Waals surface area contributed by atoms with E-state index in [1.165, 1.54) is 5.56 Å². The molecular weight excluding hydrogens is 316 g/mol. The lowest BCUT2D eigenvalue weighted by Gasteiger charge is -2.00. The van der Waals surface area contributed by atoms with Crippen molar-refractivity contribution >= 4 is 12.1 Å². The topological polar surface area (TPSA) is 79.4 Å². The Bertz CT molecular complexity index is 898. The first kappa shape index (κ1) is 16.4. The van der Waals surface area contributed by atoms with Crippen molar-refractivity contribution < 1.29 is 9.53 Å². The average Bonchev–Trinajstić information content (AvgIpc) is 3.12. The number of H-pyrrole nitrogens is 1. The van der Waals surface area contributed by atoms with Gasteiger partial charge in [0.25, 0.3) is 5.91 Å². The van der Waals surface area contributed by atoms with Gasteiger partial charge < -0.3 is 4.74 Å². The number of hydrazone groups is 1. The molecule has 0 aliphatic carbocycles. The zero-order valence-electron chi connectivity index (χ0n) is 14.0. The normalized spacial score (nSPS) is 10.8. The Hall–Kier alpha value is -3.41. The van der Waals surface area contributed by atoms with E-state index in [-0.39, 0.29) is 5.91 Å². The Morgan fingerprint density at radius 3 is 2.76 bits per heavy atom. The van der Waals surface area contributed by atoms with Gasteiger partial charge in [-0.2, -0.15) is 10.2 Å². The predicted molar refractivity (Wildman–Crippen MR) is 96.8 cm³/mol. The van der Waals surface area contributed by atoms with Crippen LogP contribution in [0.1, 0.15) is 21.6 Å². The van der Waals surface area contributed by atoms with Crippen molar-refractivity contribution in [1.29, 1.82) is 0 Å². The van der Waals surface area contributed by atoms with Gasteiger partial charge in [-0.25, -0.2) is 5.43 Å². The molecule has 2 N–H and O–H groups in total. The highest BCUT2D eigenvalue weighted by Crippen LogP contribution is 2.18. The number of aromatic amines is 1. The number of ether oxygens (including phenoxy) is 1. The highest BCUT2D eigenvalue weighted by Gasteiger charge is 2.10. The molecule has 1 amide bonds. The molecule has 6 heteroatoms. The Morgan fingerprint density at radius 1 is 1.20 bits per heavy atom. The number of hydrogen-bond donors (Lipinski definition) is 2. The summed E-state index contributed by atoms with van der Waals surface area (Å²) >= 11 is 0. The molecule has 0 atom stereocenters. The molecule has 2 aromatic carbocycles. The van der Waals surface area contributed by atoms with Crippen LogP contribution in [0.5, 0.6) is 5.75 Å². The minimum Gasteiger partial charge on any atom is -0.497 e. The zero-order valence-corrected chi connectivity index (χ0v) is 14.0. The molecule has 126 valence electrons. The van der Waals surface area contributed by atoms with E-state index in [0.717, 1.165) is 16.9 Å². The van der Waals surface area contributed by atoms with Gasteiger partial charge in [0.1, 0.15) is 11.4 Å². The fourth-order valence-corrected chi connectivity index (χ4v) is 2.26. The van der Waals surface area contributed by atoms with E-state index in [1.54, 1.807) is 19.4 Å². The molecule has 0 unspecified atom stereocenters. The van der Waals surface area contributed by atoms with Gasteiger partial charge >= 0.3 is 0 Å². The Morgan fingerprint density at radius 2 is 2.00 bits per heavy atom. The average molecular weight is 334 g/mol. The van der Waals surface area contributed by atoms with Crippen molar-refractivity contribution in [3.63, 3.8) is 0 Å². The third kappa shape index (κ3) is 4.11. The monoisotopic (exact) mass is 334 g/mol. The van der Waals surface area contributed by atoms with E-state index in [4.69, 9.17) is 4.74 Å². The SMILES string of the molecule is COc1cccc(/C=N/NC(=O)c2cc(-c3ccc(C)cc3)n[nH]2)c1. The van der Waals surface area contributed by atoms with E-state index in [0.29, 0.717) is 11.4 Å². The van der Waals surface area contributed by atoms with E-state index < -0.39 is 0 Å². The molecule has 0 fully saturated rings. The molecule has 0 saturated heterocycles. The van der Waals surface area contributed by atoms with Crippen LogP contribution in [0.3, 0.4) is 0 Å². The summed E-state index contributed by atoms with van der Waals surface area (Å²) in [6.07, 6.45) is 1.55. The molecule has 1 heterocycles. The van der Waals surface area contributed by atoms with E-state index in [1.807, 2.05) is 55.5 Å². The summed E-state index contributed by atoms with van der Waals surface area (Å²) in [5.74, 6) is 0.372. The smallest absolute Gasteiger partial charge is 0.289 e. The van der Waals surface area contributed by atoms with Gasteiger partial charge in [0, 0.05) is 5.56 Å². The number of rotatable bonds is 5. The summed E-state index contributed by atoms with van der Waals surface area (Å²) in [5, 5.41) is 10.9. The van der Waals surface area contributed by atoms with Crippen LogP contribution in [-0.4, -0.2) is 29.4 Å². The molecule has 0 bridgehead atoms. The molecule has 6 nitrogen and oxygen atoms in total. The van der Waals surface area contributed by atoms with E-state index in [9.17, 15) is 4.79 Å². The second-order valence-electron chi connectivity index (χ2n) is 5.51. The van der Waals surface area contributed by atoms with E-state index >= 15 is 0 Å². The molecule has 0 aliphatic heterocycles. The second kappa shape index (κ2) is 7.44. The van der Waals surface area contributed by atoms with Crippen molar-refractivity contribution in [3.8, 4) is 17.0 Å². The van der Waals surface area contributed by atoms with Crippen molar-refractivity contribution in [1.82, 2.24) is 15.6 Å². The van der Waals surface area contributed by atoms with Gasteiger partial charge in [-0.3, -0.25) is 9.89 Å². The van der Waals surface area contributed by atoms with Crippen LogP contribution in [-0.2, 0) is 0 Å². The molecule has 3 aromatic rings. The van der Waals surface area contributed by atoms with Crippen molar-refractivity contribution in [2.24, 2.45) is 5.10 Å². The maximum atomic E-state index is 12.1. The molecule has 0 radical (unpaired) electrons. The lowest BCUT2D eigenvalue weighted by Crippen LogP contribution is -2.18. The zero-order chi connectivity index (χ0) is 17.6. The standard InChI is InChI=1S/C19H18N4O2/c1-13-6-8-15(9-7-13)17-11-18(22-21-17)19(24)23-20-12-14-4-3-5-16(10-14)25-2/h3-12H,1-2H3,(H,21,22)(H,23,24)/b20-12+. The predicted octanol–water partition coefficient (Wildman–Crippen LogP) is 3.16. The summed E-state index contributed by atoms with van der Waals surface area (Å²) in [7, 11) is 1.60. The number of nitrogens with one attached hydrogen (secondary N) is 2. The molecular formula is C19H18N4O2. The number of hydrogen-bond acceptors (Lipinski definition) is 4. The molecule has 25 heavy (non-hydrogen) atoms. The molecule has 0 spiro atoms. The highest BCUT2D eigenvalue weighted by atomic mass is 16.5. The van der Waals surface area contributed by atoms with Gasteiger partial charge in [0.05, 0.1) is 19.0 Å². The summed E-state index contributed by atoms with van der Waals surface area (Å²) in [6, 6.07) is 17.0. The van der Waals surface area contributed by atoms with Gasteiger partial charge in [-0.15, -0.1) is 0 Å². The summed E-state index contributed by atoms with van der Waals surface area (Å²) < 4.78 is 5.14. The van der Waals surface area contributed by atoms with Crippen LogP contribution >= 0.6 is 0 Å². The first-order valence-corrected chi connectivity index (χ1v) is 7.75. The number of carbonyl (C=O) groups is 1. The lowest BCUT2D eigenvalue weighted by molar-refractivity contribution is 0.0950. The van der Waals surface area contributed by atoms with Crippen molar-refractivity contribution in [2.45, 2.75) is 6.92 Å².